The SMILES string of the molecule is CCc1cc(C#N)c(OC(F)(F)F)cc1CC(=O)O. The van der Waals surface area contributed by atoms with Crippen LogP contribution in [-0.4, -0.2) is 17.4 Å². The van der Waals surface area contributed by atoms with E-state index in [0.29, 0.717) is 12.0 Å². The van der Waals surface area contributed by atoms with Gasteiger partial charge in [-0.3, -0.25) is 4.79 Å². The Morgan fingerprint density at radius 3 is 2.47 bits per heavy atom. The molecule has 1 aromatic rings. The van der Waals surface area contributed by atoms with Crippen LogP contribution in [0.25, 0.3) is 0 Å². The fraction of sp³-hybridized carbons (Fsp3) is 0.333. The standard InChI is InChI=1S/C12H10F3NO3/c1-2-7-3-9(6-16)10(19-12(13,14)15)4-8(7)5-11(17)18/h3-4H,2,5H2,1H3,(H,17,18). The zero-order valence-electron chi connectivity index (χ0n) is 9.91. The van der Waals surface area contributed by atoms with Gasteiger partial charge in [0.1, 0.15) is 11.8 Å². The Hall–Kier alpha value is -2.23. The molecule has 0 saturated carbocycles. The molecule has 0 amide bonds. The lowest BCUT2D eigenvalue weighted by Crippen LogP contribution is -2.18. The highest BCUT2D eigenvalue weighted by molar-refractivity contribution is 5.71. The third-order valence-corrected chi connectivity index (χ3v) is 2.37. The molecule has 0 radical (unpaired) electrons. The van der Waals surface area contributed by atoms with Gasteiger partial charge in [0.15, 0.2) is 0 Å². The molecule has 0 saturated heterocycles. The van der Waals surface area contributed by atoms with Crippen LogP contribution < -0.4 is 4.74 Å². The summed E-state index contributed by atoms with van der Waals surface area (Å²) in [6.45, 7) is 1.71. The van der Waals surface area contributed by atoms with Crippen molar-refractivity contribution in [3.05, 3.63) is 28.8 Å². The highest BCUT2D eigenvalue weighted by Gasteiger charge is 2.32. The fourth-order valence-electron chi connectivity index (χ4n) is 1.62. The van der Waals surface area contributed by atoms with E-state index in [0.717, 1.165) is 6.07 Å². The molecule has 7 heteroatoms. The molecule has 0 aromatic heterocycles. The second kappa shape index (κ2) is 5.61. The quantitative estimate of drug-likeness (QED) is 0.915. The molecule has 102 valence electrons. The molecular weight excluding hydrogens is 263 g/mol. The molecule has 0 aliphatic heterocycles. The highest BCUT2D eigenvalue weighted by Crippen LogP contribution is 2.29. The van der Waals surface area contributed by atoms with Crippen molar-refractivity contribution in [2.75, 3.05) is 0 Å². The number of ether oxygens (including phenoxy) is 1. The number of halogens is 3. The maximum Gasteiger partial charge on any atom is 0.573 e. The number of rotatable bonds is 4. The summed E-state index contributed by atoms with van der Waals surface area (Å²) in [5.41, 5.74) is 0.435. The summed E-state index contributed by atoms with van der Waals surface area (Å²) in [4.78, 5) is 10.7. The van der Waals surface area contributed by atoms with Crippen LogP contribution in [0.4, 0.5) is 13.2 Å². The Morgan fingerprint density at radius 2 is 2.05 bits per heavy atom. The van der Waals surface area contributed by atoms with Crippen LogP contribution in [0.5, 0.6) is 5.75 Å². The number of aliphatic carboxylic acids is 1. The maximum atomic E-state index is 12.2. The molecule has 0 heterocycles. The average Bonchev–Trinajstić information content (AvgIpc) is 2.26. The number of nitrogens with zero attached hydrogens (tertiary/aromatic N) is 1. The lowest BCUT2D eigenvalue weighted by Gasteiger charge is -2.14. The van der Waals surface area contributed by atoms with Crippen LogP contribution in [-0.2, 0) is 17.6 Å². The lowest BCUT2D eigenvalue weighted by atomic mass is 9.99. The van der Waals surface area contributed by atoms with Gasteiger partial charge in [-0.1, -0.05) is 6.92 Å². The second-order valence-electron chi connectivity index (χ2n) is 3.70. The summed E-state index contributed by atoms with van der Waals surface area (Å²) in [6, 6.07) is 3.78. The highest BCUT2D eigenvalue weighted by atomic mass is 19.4. The molecule has 0 aliphatic rings. The number of carboxylic acid groups (broad SMARTS) is 1. The summed E-state index contributed by atoms with van der Waals surface area (Å²) in [5, 5.41) is 17.5. The minimum atomic E-state index is -4.93. The summed E-state index contributed by atoms with van der Waals surface area (Å²) in [6.07, 6.45) is -4.95. The Kier molecular flexibility index (Phi) is 4.38. The van der Waals surface area contributed by atoms with Crippen molar-refractivity contribution in [2.24, 2.45) is 0 Å². The molecule has 1 N–H and O–H groups in total. The summed E-state index contributed by atoms with van der Waals surface area (Å²) in [7, 11) is 0. The van der Waals surface area contributed by atoms with Crippen molar-refractivity contribution in [2.45, 2.75) is 26.1 Å². The molecule has 0 aliphatic carbocycles. The van der Waals surface area contributed by atoms with Gasteiger partial charge in [0.25, 0.3) is 0 Å². The summed E-state index contributed by atoms with van der Waals surface area (Å²) < 4.78 is 40.3. The van der Waals surface area contributed by atoms with Crippen LogP contribution in [0.1, 0.15) is 23.6 Å². The second-order valence-corrected chi connectivity index (χ2v) is 3.70. The van der Waals surface area contributed by atoms with Crippen molar-refractivity contribution in [3.63, 3.8) is 0 Å². The Bertz CT molecular complexity index is 532. The van der Waals surface area contributed by atoms with E-state index >= 15 is 0 Å². The number of alkyl halides is 3. The van der Waals surface area contributed by atoms with Crippen molar-refractivity contribution >= 4 is 5.97 Å². The van der Waals surface area contributed by atoms with Gasteiger partial charge in [-0.2, -0.15) is 5.26 Å². The number of aryl methyl sites for hydroxylation is 1. The zero-order valence-corrected chi connectivity index (χ0v) is 9.91. The van der Waals surface area contributed by atoms with E-state index in [2.05, 4.69) is 4.74 Å². The van der Waals surface area contributed by atoms with Crippen molar-refractivity contribution < 1.29 is 27.8 Å². The third kappa shape index (κ3) is 4.17. The van der Waals surface area contributed by atoms with Crippen molar-refractivity contribution in [1.82, 2.24) is 0 Å². The van der Waals surface area contributed by atoms with E-state index < -0.39 is 24.5 Å². The molecule has 19 heavy (non-hydrogen) atoms. The van der Waals surface area contributed by atoms with Gasteiger partial charge in [0, 0.05) is 0 Å². The topological polar surface area (TPSA) is 70.3 Å². The maximum absolute atomic E-state index is 12.2. The predicted octanol–water partition coefficient (Wildman–Crippen LogP) is 2.65. The Labute approximate surface area is 107 Å². The van der Waals surface area contributed by atoms with Crippen molar-refractivity contribution in [3.8, 4) is 11.8 Å². The number of hydrogen-bond acceptors (Lipinski definition) is 3. The molecular formula is C12H10F3NO3. The van der Waals surface area contributed by atoms with E-state index in [9.17, 15) is 18.0 Å². The monoisotopic (exact) mass is 273 g/mol. The molecule has 0 atom stereocenters. The smallest absolute Gasteiger partial charge is 0.481 e. The predicted molar refractivity (Wildman–Crippen MR) is 58.6 cm³/mol. The largest absolute Gasteiger partial charge is 0.573 e. The summed E-state index contributed by atoms with van der Waals surface area (Å²) >= 11 is 0. The molecule has 0 unspecified atom stereocenters. The minimum absolute atomic E-state index is 0.202. The molecule has 4 nitrogen and oxygen atoms in total. The van der Waals surface area contributed by atoms with Gasteiger partial charge in [0.2, 0.25) is 0 Å². The van der Waals surface area contributed by atoms with Gasteiger partial charge in [-0.15, -0.1) is 13.2 Å². The van der Waals surface area contributed by atoms with Gasteiger partial charge in [-0.05, 0) is 29.7 Å². The summed E-state index contributed by atoms with van der Waals surface area (Å²) in [5.74, 6) is -1.85. The van der Waals surface area contributed by atoms with Crippen LogP contribution >= 0.6 is 0 Å². The molecule has 0 spiro atoms. The van der Waals surface area contributed by atoms with Gasteiger partial charge >= 0.3 is 12.3 Å². The average molecular weight is 273 g/mol. The van der Waals surface area contributed by atoms with E-state index in [1.165, 1.54) is 6.07 Å². The van der Waals surface area contributed by atoms with Crippen LogP contribution in [0, 0.1) is 11.3 Å². The van der Waals surface area contributed by atoms with E-state index in [4.69, 9.17) is 10.4 Å². The first-order chi connectivity index (χ1) is 8.76. The molecule has 1 rings (SSSR count). The molecule has 0 bridgehead atoms. The Morgan fingerprint density at radius 1 is 1.42 bits per heavy atom. The number of carboxylic acids is 1. The van der Waals surface area contributed by atoms with Gasteiger partial charge in [-0.25, -0.2) is 0 Å². The first-order valence-electron chi connectivity index (χ1n) is 5.30. The van der Waals surface area contributed by atoms with Crippen LogP contribution in [0.3, 0.4) is 0 Å². The fourth-order valence-corrected chi connectivity index (χ4v) is 1.62. The van der Waals surface area contributed by atoms with E-state index in [-0.39, 0.29) is 11.1 Å². The van der Waals surface area contributed by atoms with Crippen LogP contribution in [0.2, 0.25) is 0 Å². The van der Waals surface area contributed by atoms with Crippen molar-refractivity contribution in [1.29, 1.82) is 5.26 Å². The van der Waals surface area contributed by atoms with E-state index in [1.807, 2.05) is 0 Å². The first-order valence-corrected chi connectivity index (χ1v) is 5.30. The first kappa shape index (κ1) is 14.8. The van der Waals surface area contributed by atoms with E-state index in [1.54, 1.807) is 13.0 Å². The number of carbonyl (C=O) groups is 1. The zero-order chi connectivity index (χ0) is 14.6. The van der Waals surface area contributed by atoms with Gasteiger partial charge < -0.3 is 9.84 Å². The molecule has 1 aromatic carbocycles. The third-order valence-electron chi connectivity index (χ3n) is 2.37. The number of benzene rings is 1. The number of hydrogen-bond donors (Lipinski definition) is 1. The normalized spacial score (nSPS) is 10.9. The minimum Gasteiger partial charge on any atom is -0.481 e. The Balaban J connectivity index is 3.29. The van der Waals surface area contributed by atoms with Gasteiger partial charge in [0.05, 0.1) is 12.0 Å². The number of nitriles is 1. The van der Waals surface area contributed by atoms with Crippen LogP contribution in [0.15, 0.2) is 12.1 Å². The lowest BCUT2D eigenvalue weighted by molar-refractivity contribution is -0.274. The molecule has 0 fully saturated rings.